The maximum absolute atomic E-state index is 12.9. The largest absolute Gasteiger partial charge is 0.507 e. The summed E-state index contributed by atoms with van der Waals surface area (Å²) in [6.45, 7) is 0. The van der Waals surface area contributed by atoms with Crippen LogP contribution in [0.4, 0.5) is 0 Å². The maximum atomic E-state index is 12.9. The molecule has 0 aromatic heterocycles. The predicted molar refractivity (Wildman–Crippen MR) is 132 cm³/mol. The van der Waals surface area contributed by atoms with Gasteiger partial charge in [0.15, 0.2) is 6.10 Å². The molecule has 4 nitrogen and oxygen atoms in total. The van der Waals surface area contributed by atoms with Crippen LogP contribution in [0, 0.1) is 0 Å². The third-order valence-electron chi connectivity index (χ3n) is 5.83. The number of ether oxygens (including phenoxy) is 2. The number of carbonyl (C=O) groups is 1. The monoisotopic (exact) mass is 446 g/mol. The van der Waals surface area contributed by atoms with Crippen LogP contribution in [-0.2, 0) is 4.74 Å². The fourth-order valence-corrected chi connectivity index (χ4v) is 4.15. The van der Waals surface area contributed by atoms with Crippen LogP contribution >= 0.6 is 0 Å². The molecule has 1 aliphatic rings. The standard InChI is InChI=1S/C30H22O4/c1-33-22-16-17-25(28(31)18-22)29-27(23-14-8-9-15-24(23)30(32)34-29)19-26(20-10-4-2-5-11-20)21-12-6-3-7-13-21/h2-18,29,31H,1H3. The number of phenolic OH excluding ortho intramolecular Hbond substituents is 1. The molecule has 0 aliphatic carbocycles. The number of benzene rings is 4. The van der Waals surface area contributed by atoms with Gasteiger partial charge < -0.3 is 14.6 Å². The van der Waals surface area contributed by atoms with Crippen LogP contribution in [-0.4, -0.2) is 18.2 Å². The Kier molecular flexibility index (Phi) is 5.73. The summed E-state index contributed by atoms with van der Waals surface area (Å²) in [7, 11) is 1.53. The van der Waals surface area contributed by atoms with E-state index in [2.05, 4.69) is 5.73 Å². The van der Waals surface area contributed by atoms with Crippen molar-refractivity contribution in [3.05, 3.63) is 137 Å². The highest BCUT2D eigenvalue weighted by Gasteiger charge is 2.33. The molecule has 166 valence electrons. The molecule has 1 aliphatic heterocycles. The molecule has 0 bridgehead atoms. The van der Waals surface area contributed by atoms with Gasteiger partial charge in [0.2, 0.25) is 0 Å². The van der Waals surface area contributed by atoms with E-state index in [0.29, 0.717) is 22.4 Å². The summed E-state index contributed by atoms with van der Waals surface area (Å²) in [6.07, 6.45) is -0.837. The van der Waals surface area contributed by atoms with Gasteiger partial charge in [-0.1, -0.05) is 78.9 Å². The van der Waals surface area contributed by atoms with E-state index >= 15 is 0 Å². The maximum Gasteiger partial charge on any atom is 0.339 e. The van der Waals surface area contributed by atoms with Crippen molar-refractivity contribution in [3.63, 3.8) is 0 Å². The van der Waals surface area contributed by atoms with Gasteiger partial charge in [0.1, 0.15) is 11.5 Å². The van der Waals surface area contributed by atoms with E-state index in [0.717, 1.165) is 22.3 Å². The van der Waals surface area contributed by atoms with E-state index in [1.54, 1.807) is 18.2 Å². The lowest BCUT2D eigenvalue weighted by atomic mass is 9.87. The Morgan fingerprint density at radius 3 is 2.00 bits per heavy atom. The van der Waals surface area contributed by atoms with Crippen molar-refractivity contribution < 1.29 is 19.4 Å². The summed E-state index contributed by atoms with van der Waals surface area (Å²) in [5, 5.41) is 10.8. The highest BCUT2D eigenvalue weighted by atomic mass is 16.5. The number of phenols is 1. The van der Waals surface area contributed by atoms with Crippen LogP contribution in [0.15, 0.2) is 109 Å². The molecule has 5 rings (SSSR count). The summed E-state index contributed by atoms with van der Waals surface area (Å²) < 4.78 is 11.1. The quantitative estimate of drug-likeness (QED) is 0.290. The van der Waals surface area contributed by atoms with E-state index in [-0.39, 0.29) is 5.75 Å². The summed E-state index contributed by atoms with van der Waals surface area (Å²) in [5.74, 6) is 0.0539. The lowest BCUT2D eigenvalue weighted by Crippen LogP contribution is -2.21. The summed E-state index contributed by atoms with van der Waals surface area (Å²) in [4.78, 5) is 12.9. The van der Waals surface area contributed by atoms with Gasteiger partial charge in [-0.3, -0.25) is 0 Å². The van der Waals surface area contributed by atoms with Crippen molar-refractivity contribution >= 4 is 17.1 Å². The molecular formula is C30H22O4. The van der Waals surface area contributed by atoms with Gasteiger partial charge in [0.25, 0.3) is 0 Å². The molecule has 0 saturated carbocycles. The van der Waals surface area contributed by atoms with E-state index in [1.165, 1.54) is 13.2 Å². The second kappa shape index (κ2) is 9.14. The zero-order chi connectivity index (χ0) is 23.5. The molecular weight excluding hydrogens is 424 g/mol. The van der Waals surface area contributed by atoms with Crippen LogP contribution < -0.4 is 4.74 Å². The molecule has 4 aromatic carbocycles. The fraction of sp³-hybridized carbons (Fsp3) is 0.0667. The molecule has 1 atom stereocenters. The Hall–Kier alpha value is -4.53. The summed E-state index contributed by atoms with van der Waals surface area (Å²) >= 11 is 0. The molecule has 0 saturated heterocycles. The topological polar surface area (TPSA) is 55.8 Å². The molecule has 1 heterocycles. The third kappa shape index (κ3) is 3.99. The Morgan fingerprint density at radius 1 is 0.824 bits per heavy atom. The van der Waals surface area contributed by atoms with Crippen LogP contribution in [0.25, 0.3) is 11.1 Å². The van der Waals surface area contributed by atoms with Crippen molar-refractivity contribution in [1.82, 2.24) is 0 Å². The average molecular weight is 447 g/mol. The number of rotatable bonds is 4. The molecule has 4 aromatic rings. The van der Waals surface area contributed by atoms with Crippen molar-refractivity contribution in [3.8, 4) is 11.5 Å². The lowest BCUT2D eigenvalue weighted by molar-refractivity contribution is 0.0385. The smallest absolute Gasteiger partial charge is 0.339 e. The second-order valence-corrected chi connectivity index (χ2v) is 7.90. The van der Waals surface area contributed by atoms with Crippen LogP contribution in [0.5, 0.6) is 11.5 Å². The van der Waals surface area contributed by atoms with Gasteiger partial charge in [0, 0.05) is 28.3 Å². The SMILES string of the molecule is COc1ccc(C2OC(=O)c3ccccc3C2=C=C(c2ccccc2)c2ccccc2)c(O)c1. The predicted octanol–water partition coefficient (Wildman–Crippen LogP) is 6.43. The second-order valence-electron chi connectivity index (χ2n) is 7.90. The lowest BCUT2D eigenvalue weighted by Gasteiger charge is -2.27. The average Bonchev–Trinajstić information content (AvgIpc) is 2.89. The minimum Gasteiger partial charge on any atom is -0.507 e. The van der Waals surface area contributed by atoms with Crippen molar-refractivity contribution in [2.45, 2.75) is 6.10 Å². The van der Waals surface area contributed by atoms with Crippen molar-refractivity contribution in [2.75, 3.05) is 7.11 Å². The Bertz CT molecular complexity index is 1370. The number of cyclic esters (lactones) is 1. The van der Waals surface area contributed by atoms with Gasteiger partial charge in [-0.25, -0.2) is 4.79 Å². The fourth-order valence-electron chi connectivity index (χ4n) is 4.15. The summed E-state index contributed by atoms with van der Waals surface area (Å²) in [6, 6.07) is 32.2. The number of hydrogen-bond donors (Lipinski definition) is 1. The minimum absolute atomic E-state index is 0.0168. The number of aromatic hydroxyl groups is 1. The van der Waals surface area contributed by atoms with Crippen LogP contribution in [0.3, 0.4) is 0 Å². The number of methoxy groups -OCH3 is 1. The molecule has 1 N–H and O–H groups in total. The van der Waals surface area contributed by atoms with Crippen molar-refractivity contribution in [2.24, 2.45) is 0 Å². The molecule has 0 spiro atoms. The molecule has 0 radical (unpaired) electrons. The van der Waals surface area contributed by atoms with Gasteiger partial charge in [-0.2, -0.15) is 0 Å². The normalized spacial score (nSPS) is 14.6. The number of fused-ring (bicyclic) bond motifs is 1. The first kappa shape index (κ1) is 21.3. The first-order valence-electron chi connectivity index (χ1n) is 10.9. The number of esters is 1. The van der Waals surface area contributed by atoms with Gasteiger partial charge in [-0.15, -0.1) is 5.73 Å². The Labute approximate surface area is 198 Å². The number of hydrogen-bond acceptors (Lipinski definition) is 4. The van der Waals surface area contributed by atoms with Crippen LogP contribution in [0.1, 0.15) is 38.7 Å². The molecule has 1 unspecified atom stereocenters. The Balaban J connectivity index is 1.83. The Morgan fingerprint density at radius 2 is 1.41 bits per heavy atom. The summed E-state index contributed by atoms with van der Waals surface area (Å²) in [5.41, 5.74) is 8.73. The molecule has 4 heteroatoms. The van der Waals surface area contributed by atoms with Gasteiger partial charge in [0.05, 0.1) is 12.7 Å². The van der Waals surface area contributed by atoms with Crippen LogP contribution in [0.2, 0.25) is 0 Å². The molecule has 0 fully saturated rings. The molecule has 0 amide bonds. The highest BCUT2D eigenvalue weighted by Crippen LogP contribution is 2.44. The zero-order valence-corrected chi connectivity index (χ0v) is 18.6. The first-order valence-corrected chi connectivity index (χ1v) is 10.9. The van der Waals surface area contributed by atoms with E-state index in [1.807, 2.05) is 78.9 Å². The molecule has 34 heavy (non-hydrogen) atoms. The third-order valence-corrected chi connectivity index (χ3v) is 5.83. The zero-order valence-electron chi connectivity index (χ0n) is 18.6. The first-order chi connectivity index (χ1) is 16.7. The highest BCUT2D eigenvalue weighted by molar-refractivity contribution is 6.00. The van der Waals surface area contributed by atoms with Gasteiger partial charge >= 0.3 is 5.97 Å². The number of carbonyl (C=O) groups excluding carboxylic acids is 1. The van der Waals surface area contributed by atoms with E-state index in [9.17, 15) is 9.90 Å². The minimum atomic E-state index is -0.837. The van der Waals surface area contributed by atoms with E-state index < -0.39 is 12.1 Å². The van der Waals surface area contributed by atoms with Gasteiger partial charge in [-0.05, 0) is 29.3 Å². The van der Waals surface area contributed by atoms with Crippen molar-refractivity contribution in [1.29, 1.82) is 0 Å². The van der Waals surface area contributed by atoms with E-state index in [4.69, 9.17) is 9.47 Å².